The smallest absolute Gasteiger partial charge is 0.287 e. The standard InChI is InChI=1S/C20H22N4O5/c1-29-14-7-5-13(6-8-14)24-19(22-23-20(24)18(21)28)15-10-12(4-2-3-9-25)16(26)11-17(15)27/h5-8,10-11,25-27H,2-4,9H2,1H3,(H2,21,28). The van der Waals surface area contributed by atoms with Crippen molar-refractivity contribution in [3.05, 3.63) is 47.8 Å². The summed E-state index contributed by atoms with van der Waals surface area (Å²) in [6.45, 7) is 0.0550. The van der Waals surface area contributed by atoms with Crippen LogP contribution in [0.2, 0.25) is 0 Å². The monoisotopic (exact) mass is 398 g/mol. The van der Waals surface area contributed by atoms with Crippen LogP contribution >= 0.6 is 0 Å². The van der Waals surface area contributed by atoms with Crippen molar-refractivity contribution >= 4 is 5.91 Å². The Morgan fingerprint density at radius 1 is 1.10 bits per heavy atom. The first-order chi connectivity index (χ1) is 14.0. The lowest BCUT2D eigenvalue weighted by molar-refractivity contribution is 0.0988. The van der Waals surface area contributed by atoms with Crippen molar-refractivity contribution in [2.24, 2.45) is 5.73 Å². The van der Waals surface area contributed by atoms with Crippen LogP contribution in [-0.2, 0) is 6.42 Å². The van der Waals surface area contributed by atoms with Crippen molar-refractivity contribution in [3.63, 3.8) is 0 Å². The largest absolute Gasteiger partial charge is 0.508 e. The lowest BCUT2D eigenvalue weighted by atomic mass is 10.0. The molecule has 0 aliphatic carbocycles. The maximum atomic E-state index is 11.9. The molecule has 0 radical (unpaired) electrons. The maximum Gasteiger partial charge on any atom is 0.287 e. The number of carbonyl (C=O) groups excluding carboxylic acids is 1. The number of carbonyl (C=O) groups is 1. The first-order valence-corrected chi connectivity index (χ1v) is 9.02. The third-order valence-electron chi connectivity index (χ3n) is 4.51. The Kier molecular flexibility index (Phi) is 5.99. The van der Waals surface area contributed by atoms with Crippen LogP contribution < -0.4 is 10.5 Å². The van der Waals surface area contributed by atoms with Gasteiger partial charge in [-0.3, -0.25) is 9.36 Å². The second-order valence-electron chi connectivity index (χ2n) is 6.42. The number of aromatic nitrogens is 3. The zero-order valence-electron chi connectivity index (χ0n) is 15.9. The maximum absolute atomic E-state index is 11.9. The minimum absolute atomic E-state index is 0.0550. The number of phenols is 2. The number of primary amides is 1. The zero-order chi connectivity index (χ0) is 21.0. The molecule has 29 heavy (non-hydrogen) atoms. The Labute approximate surface area is 167 Å². The molecule has 3 aromatic rings. The molecule has 0 atom stereocenters. The first kappa shape index (κ1) is 20.2. The molecule has 9 nitrogen and oxygen atoms in total. The summed E-state index contributed by atoms with van der Waals surface area (Å²) in [4.78, 5) is 11.9. The van der Waals surface area contributed by atoms with Gasteiger partial charge in [0.1, 0.15) is 17.2 Å². The van der Waals surface area contributed by atoms with Gasteiger partial charge in [-0.15, -0.1) is 10.2 Å². The van der Waals surface area contributed by atoms with Gasteiger partial charge in [-0.25, -0.2) is 0 Å². The van der Waals surface area contributed by atoms with E-state index in [0.29, 0.717) is 36.3 Å². The van der Waals surface area contributed by atoms with E-state index >= 15 is 0 Å². The molecule has 0 fully saturated rings. The molecule has 0 unspecified atom stereocenters. The molecule has 1 aromatic heterocycles. The number of nitrogens with two attached hydrogens (primary N) is 1. The molecular weight excluding hydrogens is 376 g/mol. The summed E-state index contributed by atoms with van der Waals surface area (Å²) in [6, 6.07) is 9.65. The average molecular weight is 398 g/mol. The van der Waals surface area contributed by atoms with E-state index in [0.717, 1.165) is 0 Å². The molecule has 0 aliphatic heterocycles. The van der Waals surface area contributed by atoms with Crippen LogP contribution in [-0.4, -0.2) is 49.7 Å². The quantitative estimate of drug-likeness (QED) is 0.423. The topological polar surface area (TPSA) is 144 Å². The molecule has 0 saturated heterocycles. The van der Waals surface area contributed by atoms with Crippen molar-refractivity contribution in [1.82, 2.24) is 14.8 Å². The number of hydrogen-bond donors (Lipinski definition) is 4. The first-order valence-electron chi connectivity index (χ1n) is 9.02. The molecule has 1 heterocycles. The number of rotatable bonds is 8. The molecule has 0 spiro atoms. The summed E-state index contributed by atoms with van der Waals surface area (Å²) in [5.74, 6) is -0.325. The van der Waals surface area contributed by atoms with E-state index in [2.05, 4.69) is 10.2 Å². The predicted octanol–water partition coefficient (Wildman–Crippen LogP) is 1.77. The van der Waals surface area contributed by atoms with Gasteiger partial charge in [0, 0.05) is 18.4 Å². The van der Waals surface area contributed by atoms with E-state index in [4.69, 9.17) is 15.6 Å². The number of ether oxygens (including phenoxy) is 1. The van der Waals surface area contributed by atoms with Crippen molar-refractivity contribution < 1.29 is 24.9 Å². The normalized spacial score (nSPS) is 10.8. The number of phenolic OH excluding ortho intramolecular Hbond substituents is 2. The number of amides is 1. The van der Waals surface area contributed by atoms with Crippen molar-refractivity contribution in [3.8, 4) is 34.3 Å². The van der Waals surface area contributed by atoms with Gasteiger partial charge in [0.15, 0.2) is 5.82 Å². The minimum Gasteiger partial charge on any atom is -0.508 e. The van der Waals surface area contributed by atoms with Crippen LogP contribution in [0.25, 0.3) is 17.1 Å². The van der Waals surface area contributed by atoms with Gasteiger partial charge in [-0.1, -0.05) is 0 Å². The van der Waals surface area contributed by atoms with Gasteiger partial charge in [-0.05, 0) is 55.2 Å². The Morgan fingerprint density at radius 2 is 1.83 bits per heavy atom. The molecule has 0 aliphatic rings. The van der Waals surface area contributed by atoms with Crippen LogP contribution in [0.3, 0.4) is 0 Å². The highest BCUT2D eigenvalue weighted by atomic mass is 16.5. The van der Waals surface area contributed by atoms with E-state index in [9.17, 15) is 15.0 Å². The number of nitrogens with zero attached hydrogens (tertiary/aromatic N) is 3. The van der Waals surface area contributed by atoms with Crippen LogP contribution in [0.1, 0.15) is 29.0 Å². The molecule has 1 amide bonds. The number of aliphatic hydroxyl groups is 1. The van der Waals surface area contributed by atoms with E-state index in [-0.39, 0.29) is 35.3 Å². The summed E-state index contributed by atoms with van der Waals surface area (Å²) in [5.41, 5.74) is 6.88. The third kappa shape index (κ3) is 4.14. The molecule has 0 bridgehead atoms. The number of hydrogen-bond acceptors (Lipinski definition) is 7. The molecule has 5 N–H and O–H groups in total. The highest BCUT2D eigenvalue weighted by Gasteiger charge is 2.22. The number of aryl methyl sites for hydroxylation is 1. The fourth-order valence-electron chi connectivity index (χ4n) is 3.02. The molecular formula is C20H22N4O5. The van der Waals surface area contributed by atoms with Gasteiger partial charge < -0.3 is 25.8 Å². The molecule has 3 rings (SSSR count). The molecule has 0 saturated carbocycles. The Hall–Kier alpha value is -3.59. The summed E-state index contributed by atoms with van der Waals surface area (Å²) in [6.07, 6.45) is 1.74. The predicted molar refractivity (Wildman–Crippen MR) is 105 cm³/mol. The lowest BCUT2D eigenvalue weighted by Gasteiger charge is -2.13. The summed E-state index contributed by atoms with van der Waals surface area (Å²) in [5, 5.41) is 37.5. The third-order valence-corrected chi connectivity index (χ3v) is 4.51. The van der Waals surface area contributed by atoms with Crippen molar-refractivity contribution in [1.29, 1.82) is 0 Å². The number of aromatic hydroxyl groups is 2. The van der Waals surface area contributed by atoms with E-state index in [1.807, 2.05) is 0 Å². The summed E-state index contributed by atoms with van der Waals surface area (Å²) >= 11 is 0. The van der Waals surface area contributed by atoms with Crippen LogP contribution in [0.5, 0.6) is 17.2 Å². The Bertz CT molecular complexity index is 1010. The molecule has 9 heteroatoms. The van der Waals surface area contributed by atoms with Gasteiger partial charge in [-0.2, -0.15) is 0 Å². The van der Waals surface area contributed by atoms with Crippen molar-refractivity contribution in [2.45, 2.75) is 19.3 Å². The fraction of sp³-hybridized carbons (Fsp3) is 0.250. The number of benzene rings is 2. The van der Waals surface area contributed by atoms with Gasteiger partial charge >= 0.3 is 0 Å². The highest BCUT2D eigenvalue weighted by molar-refractivity contribution is 5.90. The fourth-order valence-corrected chi connectivity index (χ4v) is 3.02. The SMILES string of the molecule is COc1ccc(-n2c(C(N)=O)nnc2-c2cc(CCCCO)c(O)cc2O)cc1. The van der Waals surface area contributed by atoms with E-state index in [1.165, 1.54) is 10.6 Å². The number of methoxy groups -OCH3 is 1. The molecule has 2 aromatic carbocycles. The van der Waals surface area contributed by atoms with Gasteiger partial charge in [0.2, 0.25) is 5.82 Å². The summed E-state index contributed by atoms with van der Waals surface area (Å²) in [7, 11) is 1.54. The van der Waals surface area contributed by atoms with E-state index < -0.39 is 5.91 Å². The Balaban J connectivity index is 2.13. The second-order valence-corrected chi connectivity index (χ2v) is 6.42. The minimum atomic E-state index is -0.777. The van der Waals surface area contributed by atoms with Crippen LogP contribution in [0, 0.1) is 0 Å². The highest BCUT2D eigenvalue weighted by Crippen LogP contribution is 2.36. The lowest BCUT2D eigenvalue weighted by Crippen LogP contribution is -2.17. The van der Waals surface area contributed by atoms with Gasteiger partial charge in [0.25, 0.3) is 5.91 Å². The van der Waals surface area contributed by atoms with Crippen LogP contribution in [0.15, 0.2) is 36.4 Å². The zero-order valence-corrected chi connectivity index (χ0v) is 15.9. The molecule has 152 valence electrons. The van der Waals surface area contributed by atoms with E-state index in [1.54, 1.807) is 37.4 Å². The van der Waals surface area contributed by atoms with Gasteiger partial charge in [0.05, 0.1) is 12.7 Å². The van der Waals surface area contributed by atoms with Crippen molar-refractivity contribution in [2.75, 3.05) is 13.7 Å². The second kappa shape index (κ2) is 8.61. The average Bonchev–Trinajstić information content (AvgIpc) is 3.15. The number of unbranched alkanes of at least 4 members (excludes halogenated alkanes) is 1. The number of aliphatic hydroxyl groups excluding tert-OH is 1. The summed E-state index contributed by atoms with van der Waals surface area (Å²) < 4.78 is 6.59. The van der Waals surface area contributed by atoms with Crippen LogP contribution in [0.4, 0.5) is 0 Å². The Morgan fingerprint density at radius 3 is 2.45 bits per heavy atom.